The van der Waals surface area contributed by atoms with Crippen LogP contribution in [0.1, 0.15) is 37.3 Å². The van der Waals surface area contributed by atoms with Crippen LogP contribution in [0.3, 0.4) is 0 Å². The number of rotatable bonds is 4. The molecule has 0 radical (unpaired) electrons. The Bertz CT molecular complexity index is 545. The summed E-state index contributed by atoms with van der Waals surface area (Å²) in [6.45, 7) is 0. The molecule has 2 saturated carbocycles. The summed E-state index contributed by atoms with van der Waals surface area (Å²) in [5.74, 6) is -0.113. The number of amides is 1. The minimum absolute atomic E-state index is 0.0322. The van der Waals surface area contributed by atoms with Crippen LogP contribution in [0.25, 0.3) is 0 Å². The molecule has 2 aliphatic rings. The summed E-state index contributed by atoms with van der Waals surface area (Å²) in [5, 5.41) is 12.1. The number of carboxylic acid groups (broad SMARTS) is 1. The lowest BCUT2D eigenvalue weighted by Crippen LogP contribution is -2.35. The number of carbonyl (C=O) groups is 2. The van der Waals surface area contributed by atoms with Gasteiger partial charge in [-0.25, -0.2) is 4.79 Å². The first-order chi connectivity index (χ1) is 10.1. The van der Waals surface area contributed by atoms with E-state index < -0.39 is 12.0 Å². The summed E-state index contributed by atoms with van der Waals surface area (Å²) in [4.78, 5) is 23.8. The monoisotopic (exact) mass is 351 g/mol. The molecule has 0 bridgehead atoms. The van der Waals surface area contributed by atoms with Gasteiger partial charge < -0.3 is 10.4 Å². The van der Waals surface area contributed by atoms with Crippen LogP contribution in [0.2, 0.25) is 0 Å². The third-order valence-electron chi connectivity index (χ3n) is 4.70. The highest BCUT2D eigenvalue weighted by Crippen LogP contribution is 2.55. The fraction of sp³-hybridized carbons (Fsp3) is 0.500. The van der Waals surface area contributed by atoms with E-state index in [9.17, 15) is 14.7 Å². The van der Waals surface area contributed by atoms with E-state index >= 15 is 0 Å². The molecule has 2 fully saturated rings. The Morgan fingerprint density at radius 1 is 1.14 bits per heavy atom. The molecule has 0 spiro atoms. The Morgan fingerprint density at radius 2 is 1.71 bits per heavy atom. The Balaban J connectivity index is 1.69. The van der Waals surface area contributed by atoms with Crippen LogP contribution < -0.4 is 5.32 Å². The molecule has 3 unspecified atom stereocenters. The number of hydrogen-bond acceptors (Lipinski definition) is 2. The first-order valence-electron chi connectivity index (χ1n) is 7.36. The smallest absolute Gasteiger partial charge is 0.330 e. The van der Waals surface area contributed by atoms with E-state index in [1.165, 1.54) is 12.8 Å². The minimum atomic E-state index is -1.02. The lowest BCUT2D eigenvalue weighted by atomic mass is 10.0. The van der Waals surface area contributed by atoms with Crippen molar-refractivity contribution >= 4 is 27.8 Å². The molecule has 3 atom stereocenters. The van der Waals surface area contributed by atoms with Crippen molar-refractivity contribution in [2.75, 3.05) is 0 Å². The van der Waals surface area contributed by atoms with Crippen molar-refractivity contribution in [3.63, 3.8) is 0 Å². The summed E-state index contributed by atoms with van der Waals surface area (Å²) in [6, 6.07) is 6.06. The Labute approximate surface area is 132 Å². The molecule has 0 aliphatic heterocycles. The summed E-state index contributed by atoms with van der Waals surface area (Å²) < 4.78 is 0.884. The maximum atomic E-state index is 12.3. The van der Waals surface area contributed by atoms with Crippen molar-refractivity contribution in [3.8, 4) is 0 Å². The molecular weight excluding hydrogens is 334 g/mol. The van der Waals surface area contributed by atoms with Crippen molar-refractivity contribution in [2.45, 2.75) is 31.7 Å². The van der Waals surface area contributed by atoms with Crippen LogP contribution >= 0.6 is 15.9 Å². The third-order valence-corrected chi connectivity index (χ3v) is 5.22. The molecule has 5 heteroatoms. The first kappa shape index (κ1) is 14.6. The summed E-state index contributed by atoms with van der Waals surface area (Å²) in [7, 11) is 0. The second kappa shape index (κ2) is 5.79. The third kappa shape index (κ3) is 2.98. The van der Waals surface area contributed by atoms with E-state index in [1.807, 2.05) is 0 Å². The topological polar surface area (TPSA) is 66.4 Å². The lowest BCUT2D eigenvalue weighted by Gasteiger charge is -2.15. The van der Waals surface area contributed by atoms with Gasteiger partial charge >= 0.3 is 5.97 Å². The number of carboxylic acids is 1. The standard InChI is InChI=1S/C16H18BrNO3/c17-10-7-5-9(6-8-10)14(16(20)21)18-15(19)13-11-3-1-2-4-12(11)13/h5-8,11-14H,1-4H2,(H,18,19)(H,20,21). The number of fused-ring (bicyclic) bond motifs is 1. The SMILES string of the molecule is O=C(O)C(NC(=O)C1C2CCCCC21)c1ccc(Br)cc1. The second-order valence-corrected chi connectivity index (χ2v) is 6.89. The highest BCUT2D eigenvalue weighted by atomic mass is 79.9. The molecule has 2 N–H and O–H groups in total. The van der Waals surface area contributed by atoms with Gasteiger partial charge in [-0.05, 0) is 42.4 Å². The number of nitrogens with one attached hydrogen (secondary N) is 1. The molecule has 21 heavy (non-hydrogen) atoms. The highest BCUT2D eigenvalue weighted by molar-refractivity contribution is 9.10. The number of hydrogen-bond donors (Lipinski definition) is 2. The van der Waals surface area contributed by atoms with Gasteiger partial charge in [0.1, 0.15) is 0 Å². The fourth-order valence-corrected chi connectivity index (χ4v) is 3.83. The van der Waals surface area contributed by atoms with E-state index in [1.54, 1.807) is 24.3 Å². The molecule has 3 rings (SSSR count). The van der Waals surface area contributed by atoms with Gasteiger partial charge in [0.25, 0.3) is 0 Å². The maximum Gasteiger partial charge on any atom is 0.330 e. The van der Waals surface area contributed by atoms with Gasteiger partial charge in [-0.2, -0.15) is 0 Å². The molecule has 2 aliphatic carbocycles. The zero-order valence-electron chi connectivity index (χ0n) is 11.6. The van der Waals surface area contributed by atoms with Crippen LogP contribution in [0.15, 0.2) is 28.7 Å². The van der Waals surface area contributed by atoms with E-state index in [4.69, 9.17) is 0 Å². The predicted octanol–water partition coefficient (Wildman–Crippen LogP) is 3.13. The average molecular weight is 352 g/mol. The number of halogens is 1. The maximum absolute atomic E-state index is 12.3. The molecule has 112 valence electrons. The van der Waals surface area contributed by atoms with Crippen molar-refractivity contribution in [3.05, 3.63) is 34.3 Å². The number of benzene rings is 1. The van der Waals surface area contributed by atoms with Gasteiger partial charge in [0.2, 0.25) is 5.91 Å². The van der Waals surface area contributed by atoms with Crippen molar-refractivity contribution in [2.24, 2.45) is 17.8 Å². The van der Waals surface area contributed by atoms with Crippen molar-refractivity contribution < 1.29 is 14.7 Å². The molecule has 0 heterocycles. The Kier molecular flexibility index (Phi) is 4.02. The lowest BCUT2D eigenvalue weighted by molar-refractivity contribution is -0.142. The van der Waals surface area contributed by atoms with Gasteiger partial charge in [0.05, 0.1) is 0 Å². The van der Waals surface area contributed by atoms with Crippen LogP contribution in [-0.2, 0) is 9.59 Å². The molecule has 1 aromatic rings. The molecular formula is C16H18BrNO3. The van der Waals surface area contributed by atoms with Gasteiger partial charge in [-0.3, -0.25) is 4.79 Å². The zero-order chi connectivity index (χ0) is 15.0. The van der Waals surface area contributed by atoms with Crippen molar-refractivity contribution in [1.29, 1.82) is 0 Å². The fourth-order valence-electron chi connectivity index (χ4n) is 3.56. The van der Waals surface area contributed by atoms with Crippen LogP contribution in [-0.4, -0.2) is 17.0 Å². The number of carbonyl (C=O) groups excluding carboxylic acids is 1. The van der Waals surface area contributed by atoms with E-state index in [-0.39, 0.29) is 11.8 Å². The largest absolute Gasteiger partial charge is 0.479 e. The summed E-state index contributed by atoms with van der Waals surface area (Å²) >= 11 is 3.32. The van der Waals surface area contributed by atoms with E-state index in [2.05, 4.69) is 21.2 Å². The van der Waals surface area contributed by atoms with Crippen LogP contribution in [0.5, 0.6) is 0 Å². The minimum Gasteiger partial charge on any atom is -0.479 e. The second-order valence-electron chi connectivity index (χ2n) is 5.97. The molecule has 0 aromatic heterocycles. The Hall–Kier alpha value is -1.36. The average Bonchev–Trinajstić information content (AvgIpc) is 3.20. The van der Waals surface area contributed by atoms with E-state index in [0.29, 0.717) is 17.4 Å². The molecule has 1 aromatic carbocycles. The van der Waals surface area contributed by atoms with Gasteiger partial charge in [0, 0.05) is 10.4 Å². The quantitative estimate of drug-likeness (QED) is 0.875. The van der Waals surface area contributed by atoms with Crippen LogP contribution in [0, 0.1) is 17.8 Å². The number of aliphatic carboxylic acids is 1. The summed E-state index contributed by atoms with van der Waals surface area (Å²) in [5.41, 5.74) is 0.600. The molecule has 4 nitrogen and oxygen atoms in total. The van der Waals surface area contributed by atoms with Crippen molar-refractivity contribution in [1.82, 2.24) is 5.32 Å². The van der Waals surface area contributed by atoms with Gasteiger partial charge in [0.15, 0.2) is 6.04 Å². The summed E-state index contributed by atoms with van der Waals surface area (Å²) in [6.07, 6.45) is 4.61. The van der Waals surface area contributed by atoms with Gasteiger partial charge in [-0.15, -0.1) is 0 Å². The molecule has 0 saturated heterocycles. The Morgan fingerprint density at radius 3 is 2.24 bits per heavy atom. The molecule has 1 amide bonds. The predicted molar refractivity (Wildman–Crippen MR) is 81.6 cm³/mol. The first-order valence-corrected chi connectivity index (χ1v) is 8.16. The zero-order valence-corrected chi connectivity index (χ0v) is 13.2. The van der Waals surface area contributed by atoms with Crippen LogP contribution in [0.4, 0.5) is 0 Å². The highest BCUT2D eigenvalue weighted by Gasteiger charge is 2.55. The normalized spacial score (nSPS) is 28.3. The van der Waals surface area contributed by atoms with Gasteiger partial charge in [-0.1, -0.05) is 40.9 Å². The van der Waals surface area contributed by atoms with E-state index in [0.717, 1.165) is 17.3 Å².